The maximum absolute atomic E-state index is 12.9. The van der Waals surface area contributed by atoms with E-state index >= 15 is 0 Å². The maximum atomic E-state index is 12.9. The van der Waals surface area contributed by atoms with Gasteiger partial charge in [-0.1, -0.05) is 35.0 Å². The molecule has 1 aromatic carbocycles. The van der Waals surface area contributed by atoms with Crippen molar-refractivity contribution in [3.63, 3.8) is 0 Å². The zero-order valence-corrected chi connectivity index (χ0v) is 21.1. The Morgan fingerprint density at radius 3 is 2.60 bits per heavy atom. The summed E-state index contributed by atoms with van der Waals surface area (Å²) in [6.07, 6.45) is 1.50. The van der Waals surface area contributed by atoms with Crippen LogP contribution < -0.4 is 15.4 Å². The van der Waals surface area contributed by atoms with E-state index in [1.54, 1.807) is 19.1 Å². The molecule has 2 N–H and O–H groups in total. The topological polar surface area (TPSA) is 131 Å². The molecule has 12 heteroatoms. The minimum atomic E-state index is -1.36. The van der Waals surface area contributed by atoms with Gasteiger partial charge in [0.25, 0.3) is 0 Å². The number of allylic oxidation sites excluding steroid dienone is 1. The van der Waals surface area contributed by atoms with Gasteiger partial charge in [-0.05, 0) is 36.8 Å². The third-order valence-electron chi connectivity index (χ3n) is 5.04. The number of nitrogens with zero attached hydrogens (tertiary/aromatic N) is 1. The van der Waals surface area contributed by atoms with Crippen LogP contribution in [0.4, 0.5) is 0 Å². The van der Waals surface area contributed by atoms with Gasteiger partial charge in [-0.2, -0.15) is 5.26 Å². The number of halogens is 2. The zero-order valence-electron chi connectivity index (χ0n) is 18.7. The van der Waals surface area contributed by atoms with Crippen molar-refractivity contribution in [2.45, 2.75) is 19.4 Å². The number of carbonyl (C=O) groups is 3. The van der Waals surface area contributed by atoms with Gasteiger partial charge in [-0.15, -0.1) is 0 Å². The van der Waals surface area contributed by atoms with Crippen molar-refractivity contribution in [1.29, 1.82) is 5.26 Å². The number of benzene rings is 1. The molecule has 2 amide bonds. The first-order valence-electron chi connectivity index (χ1n) is 10.4. The van der Waals surface area contributed by atoms with Gasteiger partial charge in [-0.3, -0.25) is 14.4 Å². The molecule has 2 heterocycles. The third-order valence-corrected chi connectivity index (χ3v) is 6.62. The molecule has 184 valence electrons. The Balaban J connectivity index is 1.93. The van der Waals surface area contributed by atoms with E-state index in [0.717, 1.165) is 18.9 Å². The standard InChI is InChI=1S/C23H21Cl2N3O6S/c1-3-33-20-15(24)7-12(8-16(20)25)18-14(9-26)22(28-21(30)19(18)23(31)32-2)35-11-17(29)27-10-13-5-4-6-34-13/h4-8,18-19H,3,10-11H2,1-2H3,(H,27,29)(H,28,30)/t18-,19-/m0/s1. The number of rotatable bonds is 9. The first-order valence-corrected chi connectivity index (χ1v) is 12.1. The minimum absolute atomic E-state index is 0.0696. The van der Waals surface area contributed by atoms with Crippen LogP contribution in [0.3, 0.4) is 0 Å². The zero-order chi connectivity index (χ0) is 25.5. The lowest BCUT2D eigenvalue weighted by Gasteiger charge is -2.31. The number of thioether (sulfide) groups is 1. The average molecular weight is 538 g/mol. The van der Waals surface area contributed by atoms with Gasteiger partial charge < -0.3 is 24.5 Å². The lowest BCUT2D eigenvalue weighted by molar-refractivity contribution is -0.150. The molecule has 2 aromatic rings. The van der Waals surface area contributed by atoms with Gasteiger partial charge in [0.2, 0.25) is 11.8 Å². The number of amides is 2. The van der Waals surface area contributed by atoms with Gasteiger partial charge in [0.05, 0.1) is 59.0 Å². The summed E-state index contributed by atoms with van der Waals surface area (Å²) < 4.78 is 15.4. The average Bonchev–Trinajstić information content (AvgIpc) is 3.36. The number of ether oxygens (including phenoxy) is 2. The number of nitriles is 1. The lowest BCUT2D eigenvalue weighted by Crippen LogP contribution is -2.44. The van der Waals surface area contributed by atoms with Crippen LogP contribution in [0.2, 0.25) is 10.0 Å². The van der Waals surface area contributed by atoms with Gasteiger partial charge >= 0.3 is 5.97 Å². The van der Waals surface area contributed by atoms with Gasteiger partial charge in [0, 0.05) is 5.92 Å². The molecule has 0 saturated heterocycles. The number of furan rings is 1. The third kappa shape index (κ3) is 6.11. The number of esters is 1. The summed E-state index contributed by atoms with van der Waals surface area (Å²) in [6, 6.07) is 8.47. The van der Waals surface area contributed by atoms with E-state index in [1.165, 1.54) is 18.4 Å². The largest absolute Gasteiger partial charge is 0.491 e. The van der Waals surface area contributed by atoms with Crippen molar-refractivity contribution < 1.29 is 28.3 Å². The predicted octanol–water partition coefficient (Wildman–Crippen LogP) is 3.77. The highest BCUT2D eigenvalue weighted by atomic mass is 35.5. The van der Waals surface area contributed by atoms with Crippen LogP contribution in [0.15, 0.2) is 45.5 Å². The van der Waals surface area contributed by atoms with Crippen LogP contribution in [-0.2, 0) is 25.7 Å². The second kappa shape index (κ2) is 12.0. The molecule has 35 heavy (non-hydrogen) atoms. The summed E-state index contributed by atoms with van der Waals surface area (Å²) >= 11 is 13.7. The minimum Gasteiger partial charge on any atom is -0.491 e. The molecule has 0 aliphatic carbocycles. The Morgan fingerprint density at radius 2 is 2.03 bits per heavy atom. The second-order valence-electron chi connectivity index (χ2n) is 7.21. The summed E-state index contributed by atoms with van der Waals surface area (Å²) in [5.41, 5.74) is 0.422. The van der Waals surface area contributed by atoms with Gasteiger partial charge in [-0.25, -0.2) is 0 Å². The monoisotopic (exact) mass is 537 g/mol. The van der Waals surface area contributed by atoms with Crippen LogP contribution in [0.1, 0.15) is 24.2 Å². The highest BCUT2D eigenvalue weighted by Crippen LogP contribution is 2.44. The Morgan fingerprint density at radius 1 is 1.31 bits per heavy atom. The summed E-state index contributed by atoms with van der Waals surface area (Å²) in [4.78, 5) is 37.8. The van der Waals surface area contributed by atoms with E-state index in [0.29, 0.717) is 17.9 Å². The fourth-order valence-electron chi connectivity index (χ4n) is 3.51. The Bertz CT molecular complexity index is 1170. The molecule has 0 bridgehead atoms. The normalized spacial score (nSPS) is 17.4. The van der Waals surface area contributed by atoms with Crippen molar-refractivity contribution in [2.24, 2.45) is 5.92 Å². The lowest BCUT2D eigenvalue weighted by atomic mass is 9.78. The summed E-state index contributed by atoms with van der Waals surface area (Å²) in [5.74, 6) is -3.53. The van der Waals surface area contributed by atoms with E-state index in [1.807, 2.05) is 0 Å². The molecule has 1 aromatic heterocycles. The number of nitrogens with one attached hydrogen (secondary N) is 2. The van der Waals surface area contributed by atoms with E-state index in [-0.39, 0.29) is 44.6 Å². The second-order valence-corrected chi connectivity index (χ2v) is 9.01. The van der Waals surface area contributed by atoms with Crippen molar-refractivity contribution in [1.82, 2.24) is 10.6 Å². The van der Waals surface area contributed by atoms with Crippen LogP contribution >= 0.6 is 35.0 Å². The van der Waals surface area contributed by atoms with Gasteiger partial charge in [0.1, 0.15) is 11.7 Å². The van der Waals surface area contributed by atoms with Crippen molar-refractivity contribution in [3.05, 3.63) is 62.5 Å². The summed E-state index contributed by atoms with van der Waals surface area (Å²) in [6.45, 7) is 2.28. The molecular weight excluding hydrogens is 517 g/mol. The first kappa shape index (κ1) is 26.5. The van der Waals surface area contributed by atoms with Crippen LogP contribution in [-0.4, -0.2) is 37.3 Å². The molecule has 9 nitrogen and oxygen atoms in total. The SMILES string of the molecule is CCOc1c(Cl)cc([C@H]2C(C#N)=C(SCC(=O)NCc3ccco3)NC(=O)[C@H]2C(=O)OC)cc1Cl. The van der Waals surface area contributed by atoms with E-state index in [2.05, 4.69) is 16.7 Å². The molecule has 1 aliphatic rings. The van der Waals surface area contributed by atoms with Crippen LogP contribution in [0.5, 0.6) is 5.75 Å². The quantitative estimate of drug-likeness (QED) is 0.365. The molecule has 1 aliphatic heterocycles. The molecule has 3 rings (SSSR count). The highest BCUT2D eigenvalue weighted by Gasteiger charge is 2.44. The van der Waals surface area contributed by atoms with E-state index < -0.39 is 23.7 Å². The molecule has 0 unspecified atom stereocenters. The molecule has 0 saturated carbocycles. The number of hydrogen-bond donors (Lipinski definition) is 2. The maximum Gasteiger partial charge on any atom is 0.319 e. The molecule has 0 spiro atoms. The predicted molar refractivity (Wildman–Crippen MR) is 130 cm³/mol. The Kier molecular flexibility index (Phi) is 9.09. The smallest absolute Gasteiger partial charge is 0.319 e. The summed E-state index contributed by atoms with van der Waals surface area (Å²) in [5, 5.41) is 15.7. The van der Waals surface area contributed by atoms with Crippen molar-refractivity contribution >= 4 is 52.7 Å². The van der Waals surface area contributed by atoms with E-state index in [4.69, 9.17) is 37.1 Å². The number of hydrogen-bond acceptors (Lipinski definition) is 8. The fourth-order valence-corrected chi connectivity index (χ4v) is 5.00. The summed E-state index contributed by atoms with van der Waals surface area (Å²) in [7, 11) is 1.15. The van der Waals surface area contributed by atoms with Crippen molar-refractivity contribution in [2.75, 3.05) is 19.5 Å². The first-order chi connectivity index (χ1) is 16.8. The number of carbonyl (C=O) groups excluding carboxylic acids is 3. The number of methoxy groups -OCH3 is 1. The van der Waals surface area contributed by atoms with Crippen molar-refractivity contribution in [3.8, 4) is 11.8 Å². The fraction of sp³-hybridized carbons (Fsp3) is 0.304. The van der Waals surface area contributed by atoms with Gasteiger partial charge in [0.15, 0.2) is 5.75 Å². The Labute approximate surface area is 215 Å². The molecule has 0 fully saturated rings. The van der Waals surface area contributed by atoms with Crippen LogP contribution in [0.25, 0.3) is 0 Å². The molecule has 2 atom stereocenters. The highest BCUT2D eigenvalue weighted by molar-refractivity contribution is 8.03. The molecular formula is C23H21Cl2N3O6S. The van der Waals surface area contributed by atoms with Crippen LogP contribution in [0, 0.1) is 17.2 Å². The molecule has 0 radical (unpaired) electrons. The Hall–Kier alpha value is -3.13. The van der Waals surface area contributed by atoms with E-state index in [9.17, 15) is 19.6 Å².